The molecule has 0 saturated heterocycles. The predicted octanol–water partition coefficient (Wildman–Crippen LogP) is 3.18. The Morgan fingerprint density at radius 1 is 1.39 bits per heavy atom. The Morgan fingerprint density at radius 3 is 2.67 bits per heavy atom. The van der Waals surface area contributed by atoms with E-state index in [-0.39, 0.29) is 11.3 Å². The summed E-state index contributed by atoms with van der Waals surface area (Å²) < 4.78 is 0.991. The summed E-state index contributed by atoms with van der Waals surface area (Å²) in [4.78, 5) is 12.1. The van der Waals surface area contributed by atoms with E-state index in [1.54, 1.807) is 6.07 Å². The summed E-state index contributed by atoms with van der Waals surface area (Å²) in [5.41, 5.74) is 7.33. The van der Waals surface area contributed by atoms with Gasteiger partial charge in [-0.15, -0.1) is 0 Å². The molecule has 4 heteroatoms. The SMILES string of the molecule is CC1(CNC(=O)c2cc(N)cc(I)c2)CCCC1. The van der Waals surface area contributed by atoms with Gasteiger partial charge in [-0.05, 0) is 59.0 Å². The van der Waals surface area contributed by atoms with Crippen LogP contribution in [0.1, 0.15) is 43.0 Å². The smallest absolute Gasteiger partial charge is 0.251 e. The highest BCUT2D eigenvalue weighted by Gasteiger charge is 2.28. The van der Waals surface area contributed by atoms with Crippen LogP contribution in [0.25, 0.3) is 0 Å². The van der Waals surface area contributed by atoms with Crippen LogP contribution < -0.4 is 11.1 Å². The van der Waals surface area contributed by atoms with Crippen molar-refractivity contribution >= 4 is 34.2 Å². The quantitative estimate of drug-likeness (QED) is 0.644. The third-order valence-corrected chi connectivity index (χ3v) is 4.29. The van der Waals surface area contributed by atoms with Crippen molar-refractivity contribution in [2.45, 2.75) is 32.6 Å². The molecule has 1 amide bonds. The zero-order valence-electron chi connectivity index (χ0n) is 10.6. The number of benzene rings is 1. The Bertz CT molecular complexity index is 433. The van der Waals surface area contributed by atoms with Gasteiger partial charge in [0, 0.05) is 21.4 Å². The van der Waals surface area contributed by atoms with Gasteiger partial charge in [0.1, 0.15) is 0 Å². The Balaban J connectivity index is 1.99. The number of amides is 1. The number of nitrogens with one attached hydrogen (secondary N) is 1. The standard InChI is InChI=1S/C14H19IN2O/c1-14(4-2-3-5-14)9-17-13(18)10-6-11(15)8-12(16)7-10/h6-8H,2-5,9,16H2,1H3,(H,17,18). The first-order valence-corrected chi connectivity index (χ1v) is 7.41. The number of carbonyl (C=O) groups excluding carboxylic acids is 1. The van der Waals surface area contributed by atoms with E-state index in [0.717, 1.165) is 10.1 Å². The number of hydrogen-bond donors (Lipinski definition) is 2. The molecule has 0 bridgehead atoms. The number of nitrogen functional groups attached to an aromatic ring is 1. The van der Waals surface area contributed by atoms with E-state index in [2.05, 4.69) is 34.8 Å². The molecule has 0 aromatic heterocycles. The summed E-state index contributed by atoms with van der Waals surface area (Å²) >= 11 is 2.17. The molecule has 3 nitrogen and oxygen atoms in total. The normalized spacial score (nSPS) is 17.7. The van der Waals surface area contributed by atoms with Crippen LogP contribution >= 0.6 is 22.6 Å². The van der Waals surface area contributed by atoms with Crippen LogP contribution in [-0.2, 0) is 0 Å². The topological polar surface area (TPSA) is 55.1 Å². The molecule has 0 unspecified atom stereocenters. The van der Waals surface area contributed by atoms with Crippen LogP contribution in [0.4, 0.5) is 5.69 Å². The predicted molar refractivity (Wildman–Crippen MR) is 82.5 cm³/mol. The van der Waals surface area contributed by atoms with Gasteiger partial charge in [0.25, 0.3) is 5.91 Å². The number of hydrogen-bond acceptors (Lipinski definition) is 2. The summed E-state index contributed by atoms with van der Waals surface area (Å²) in [5, 5.41) is 3.04. The Kier molecular flexibility index (Phi) is 4.14. The first kappa shape index (κ1) is 13.6. The van der Waals surface area contributed by atoms with Crippen molar-refractivity contribution in [1.29, 1.82) is 0 Å². The van der Waals surface area contributed by atoms with Crippen molar-refractivity contribution < 1.29 is 4.79 Å². The zero-order valence-corrected chi connectivity index (χ0v) is 12.8. The molecule has 1 aromatic carbocycles. The van der Waals surface area contributed by atoms with E-state index in [1.807, 2.05) is 12.1 Å². The van der Waals surface area contributed by atoms with Crippen LogP contribution in [0, 0.1) is 8.99 Å². The molecular weight excluding hydrogens is 339 g/mol. The molecule has 1 aliphatic carbocycles. The fraction of sp³-hybridized carbons (Fsp3) is 0.500. The first-order chi connectivity index (χ1) is 8.48. The number of anilines is 1. The fourth-order valence-electron chi connectivity index (χ4n) is 2.54. The summed E-state index contributed by atoms with van der Waals surface area (Å²) in [7, 11) is 0. The molecule has 1 aliphatic rings. The molecule has 0 atom stereocenters. The molecular formula is C14H19IN2O. The lowest BCUT2D eigenvalue weighted by Gasteiger charge is -2.23. The van der Waals surface area contributed by atoms with Crippen molar-refractivity contribution in [2.24, 2.45) is 5.41 Å². The van der Waals surface area contributed by atoms with E-state index in [9.17, 15) is 4.79 Å². The number of rotatable bonds is 3. The lowest BCUT2D eigenvalue weighted by atomic mass is 9.89. The highest BCUT2D eigenvalue weighted by atomic mass is 127. The molecule has 98 valence electrons. The van der Waals surface area contributed by atoms with Gasteiger partial charge < -0.3 is 11.1 Å². The molecule has 0 spiro atoms. The summed E-state index contributed by atoms with van der Waals surface area (Å²) in [6.45, 7) is 3.01. The molecule has 1 saturated carbocycles. The van der Waals surface area contributed by atoms with Gasteiger partial charge in [0.2, 0.25) is 0 Å². The van der Waals surface area contributed by atoms with Crippen LogP contribution in [0.2, 0.25) is 0 Å². The molecule has 0 radical (unpaired) electrons. The maximum absolute atomic E-state index is 12.1. The van der Waals surface area contributed by atoms with Gasteiger partial charge in [0.05, 0.1) is 0 Å². The van der Waals surface area contributed by atoms with Gasteiger partial charge in [0.15, 0.2) is 0 Å². The second-order valence-electron chi connectivity index (χ2n) is 5.47. The second-order valence-corrected chi connectivity index (χ2v) is 6.72. The summed E-state index contributed by atoms with van der Waals surface area (Å²) in [6, 6.07) is 5.45. The van der Waals surface area contributed by atoms with Crippen LogP contribution in [-0.4, -0.2) is 12.5 Å². The average molecular weight is 358 g/mol. The van der Waals surface area contributed by atoms with E-state index >= 15 is 0 Å². The molecule has 0 heterocycles. The van der Waals surface area contributed by atoms with E-state index < -0.39 is 0 Å². The fourth-order valence-corrected chi connectivity index (χ4v) is 3.24. The maximum Gasteiger partial charge on any atom is 0.251 e. The van der Waals surface area contributed by atoms with Gasteiger partial charge in [-0.1, -0.05) is 19.8 Å². The molecule has 1 aromatic rings. The minimum absolute atomic E-state index is 0.0201. The third-order valence-electron chi connectivity index (χ3n) is 3.67. The van der Waals surface area contributed by atoms with Crippen molar-refractivity contribution in [1.82, 2.24) is 5.32 Å². The van der Waals surface area contributed by atoms with Crippen molar-refractivity contribution in [2.75, 3.05) is 12.3 Å². The van der Waals surface area contributed by atoms with Gasteiger partial charge in [-0.25, -0.2) is 0 Å². The zero-order chi connectivity index (χ0) is 13.2. The minimum Gasteiger partial charge on any atom is -0.399 e. The van der Waals surface area contributed by atoms with Crippen molar-refractivity contribution in [3.8, 4) is 0 Å². The molecule has 2 rings (SSSR count). The second kappa shape index (κ2) is 5.47. The maximum atomic E-state index is 12.1. The minimum atomic E-state index is -0.0201. The molecule has 1 fully saturated rings. The molecule has 3 N–H and O–H groups in total. The first-order valence-electron chi connectivity index (χ1n) is 6.33. The number of halogens is 1. The van der Waals surface area contributed by atoms with Gasteiger partial charge in [-0.3, -0.25) is 4.79 Å². The molecule has 18 heavy (non-hydrogen) atoms. The highest BCUT2D eigenvalue weighted by molar-refractivity contribution is 14.1. The monoisotopic (exact) mass is 358 g/mol. The Labute approximate surface area is 122 Å². The highest BCUT2D eigenvalue weighted by Crippen LogP contribution is 2.36. The summed E-state index contributed by atoms with van der Waals surface area (Å²) in [6.07, 6.45) is 4.98. The van der Waals surface area contributed by atoms with E-state index in [1.165, 1.54) is 25.7 Å². The third kappa shape index (κ3) is 3.37. The summed E-state index contributed by atoms with van der Waals surface area (Å²) in [5.74, 6) is -0.0201. The van der Waals surface area contributed by atoms with Crippen LogP contribution in [0.3, 0.4) is 0 Å². The Hall–Kier alpha value is -0.780. The lowest BCUT2D eigenvalue weighted by molar-refractivity contribution is 0.0934. The van der Waals surface area contributed by atoms with E-state index in [4.69, 9.17) is 5.73 Å². The number of nitrogens with two attached hydrogens (primary N) is 1. The van der Waals surface area contributed by atoms with Crippen LogP contribution in [0.5, 0.6) is 0 Å². The Morgan fingerprint density at radius 2 is 2.06 bits per heavy atom. The van der Waals surface area contributed by atoms with Gasteiger partial charge in [-0.2, -0.15) is 0 Å². The van der Waals surface area contributed by atoms with Crippen LogP contribution in [0.15, 0.2) is 18.2 Å². The van der Waals surface area contributed by atoms with Crippen molar-refractivity contribution in [3.63, 3.8) is 0 Å². The van der Waals surface area contributed by atoms with E-state index in [0.29, 0.717) is 11.3 Å². The van der Waals surface area contributed by atoms with Crippen molar-refractivity contribution in [3.05, 3.63) is 27.3 Å². The number of carbonyl (C=O) groups is 1. The lowest BCUT2D eigenvalue weighted by Crippen LogP contribution is -2.34. The molecule has 0 aliphatic heterocycles. The average Bonchev–Trinajstić information content (AvgIpc) is 2.72. The largest absolute Gasteiger partial charge is 0.399 e. The van der Waals surface area contributed by atoms with Gasteiger partial charge >= 0.3 is 0 Å².